The van der Waals surface area contributed by atoms with Crippen LogP contribution in [-0.2, 0) is 19.1 Å². The molecule has 6 heteroatoms. The van der Waals surface area contributed by atoms with Crippen LogP contribution in [0, 0.1) is 11.8 Å². The number of hydrogen-bond donors (Lipinski definition) is 1. The van der Waals surface area contributed by atoms with Gasteiger partial charge < -0.3 is 14.7 Å². The van der Waals surface area contributed by atoms with E-state index in [1.807, 2.05) is 20.8 Å². The van der Waals surface area contributed by atoms with Crippen LogP contribution >= 0.6 is 0 Å². The van der Waals surface area contributed by atoms with Crippen LogP contribution in [0.15, 0.2) is 0 Å². The van der Waals surface area contributed by atoms with Crippen molar-refractivity contribution in [3.63, 3.8) is 0 Å². The second-order valence-electron chi connectivity index (χ2n) is 6.79. The van der Waals surface area contributed by atoms with E-state index in [2.05, 4.69) is 0 Å². The van der Waals surface area contributed by atoms with E-state index in [0.29, 0.717) is 25.8 Å². The quantitative estimate of drug-likeness (QED) is 0.719. The highest BCUT2D eigenvalue weighted by Gasteiger charge is 2.43. The first-order chi connectivity index (χ1) is 10.3. The number of Topliss-reactive ketones (excluding diaryl/α,β-unsaturated/α-hetero) is 1. The van der Waals surface area contributed by atoms with Gasteiger partial charge in [-0.2, -0.15) is 0 Å². The first-order valence-electron chi connectivity index (χ1n) is 8.02. The van der Waals surface area contributed by atoms with Crippen molar-refractivity contribution in [1.82, 2.24) is 4.90 Å². The lowest BCUT2D eigenvalue weighted by Gasteiger charge is -2.27. The van der Waals surface area contributed by atoms with Gasteiger partial charge in [0.1, 0.15) is 12.1 Å². The summed E-state index contributed by atoms with van der Waals surface area (Å²) in [6.45, 7) is 6.30. The van der Waals surface area contributed by atoms with Crippen molar-refractivity contribution in [3.05, 3.63) is 0 Å². The molecule has 1 N–H and O–H groups in total. The van der Waals surface area contributed by atoms with Crippen LogP contribution in [-0.4, -0.2) is 52.5 Å². The van der Waals surface area contributed by atoms with Gasteiger partial charge in [0.15, 0.2) is 5.78 Å². The number of epoxide rings is 1. The highest BCUT2D eigenvalue weighted by molar-refractivity contribution is 5.92. The zero-order valence-corrected chi connectivity index (χ0v) is 13.4. The van der Waals surface area contributed by atoms with Gasteiger partial charge in [0.25, 0.3) is 0 Å². The maximum absolute atomic E-state index is 12.7. The van der Waals surface area contributed by atoms with Crippen LogP contribution in [0.2, 0.25) is 0 Å². The van der Waals surface area contributed by atoms with E-state index in [9.17, 15) is 19.5 Å². The molecule has 1 amide bonds. The van der Waals surface area contributed by atoms with Crippen LogP contribution in [0.1, 0.15) is 46.5 Å². The summed E-state index contributed by atoms with van der Waals surface area (Å²) in [5, 5.41) is 9.23. The van der Waals surface area contributed by atoms with Crippen molar-refractivity contribution in [2.45, 2.75) is 64.7 Å². The van der Waals surface area contributed by atoms with E-state index in [-0.39, 0.29) is 36.2 Å². The van der Waals surface area contributed by atoms with Gasteiger partial charge >= 0.3 is 5.97 Å². The average molecular weight is 311 g/mol. The number of ether oxygens (including phenoxy) is 1. The van der Waals surface area contributed by atoms with Crippen LogP contribution in [0.4, 0.5) is 0 Å². The van der Waals surface area contributed by atoms with E-state index >= 15 is 0 Å². The molecule has 124 valence electrons. The number of carboxylic acids is 1. The first-order valence-corrected chi connectivity index (χ1v) is 8.02. The van der Waals surface area contributed by atoms with E-state index in [0.717, 1.165) is 0 Å². The Kier molecular flexibility index (Phi) is 5.21. The van der Waals surface area contributed by atoms with E-state index in [1.165, 1.54) is 4.90 Å². The number of hydrogen-bond acceptors (Lipinski definition) is 4. The molecular formula is C16H25NO5. The lowest BCUT2D eigenvalue weighted by atomic mass is 9.90. The molecule has 2 saturated heterocycles. The Labute approximate surface area is 130 Å². The summed E-state index contributed by atoms with van der Waals surface area (Å²) in [5.74, 6) is -1.37. The van der Waals surface area contributed by atoms with Crippen molar-refractivity contribution in [1.29, 1.82) is 0 Å². The Morgan fingerprint density at radius 1 is 1.32 bits per heavy atom. The highest BCUT2D eigenvalue weighted by atomic mass is 16.6. The molecule has 4 atom stereocenters. The predicted molar refractivity (Wildman–Crippen MR) is 79.3 cm³/mol. The number of likely N-dealkylation sites (tertiary alicyclic amines) is 1. The molecule has 6 nitrogen and oxygen atoms in total. The molecule has 0 saturated carbocycles. The molecule has 0 aliphatic carbocycles. The molecule has 2 fully saturated rings. The smallest absolute Gasteiger partial charge is 0.326 e. The number of nitrogens with zero attached hydrogens (tertiary/aromatic N) is 1. The molecule has 0 aromatic carbocycles. The minimum atomic E-state index is -0.959. The van der Waals surface area contributed by atoms with Gasteiger partial charge in [0.05, 0.1) is 6.10 Å². The molecule has 0 spiro atoms. The zero-order chi connectivity index (χ0) is 16.4. The molecule has 2 aliphatic heterocycles. The summed E-state index contributed by atoms with van der Waals surface area (Å²) in [4.78, 5) is 37.6. The van der Waals surface area contributed by atoms with Gasteiger partial charge in [-0.05, 0) is 32.1 Å². The number of ketones is 1. The number of carbonyl (C=O) groups is 3. The number of carboxylic acid groups (broad SMARTS) is 1. The summed E-state index contributed by atoms with van der Waals surface area (Å²) in [7, 11) is 0. The molecule has 0 aromatic heterocycles. The van der Waals surface area contributed by atoms with Crippen molar-refractivity contribution in [2.75, 3.05) is 6.54 Å². The summed E-state index contributed by atoms with van der Waals surface area (Å²) < 4.78 is 5.18. The molecule has 0 radical (unpaired) electrons. The molecule has 0 aromatic rings. The Bertz CT molecular complexity index is 461. The van der Waals surface area contributed by atoms with Crippen LogP contribution in [0.3, 0.4) is 0 Å². The summed E-state index contributed by atoms with van der Waals surface area (Å²) >= 11 is 0. The Morgan fingerprint density at radius 3 is 2.45 bits per heavy atom. The van der Waals surface area contributed by atoms with Gasteiger partial charge in [-0.1, -0.05) is 13.8 Å². The molecule has 2 rings (SSSR count). The highest BCUT2D eigenvalue weighted by Crippen LogP contribution is 2.29. The molecule has 2 heterocycles. The van der Waals surface area contributed by atoms with Gasteiger partial charge in [-0.15, -0.1) is 0 Å². The topological polar surface area (TPSA) is 87.2 Å². The minimum absolute atomic E-state index is 0.0439. The summed E-state index contributed by atoms with van der Waals surface area (Å²) in [5.41, 5.74) is 0. The molecule has 2 aliphatic rings. The van der Waals surface area contributed by atoms with Gasteiger partial charge in [-0.25, -0.2) is 4.79 Å². The second kappa shape index (κ2) is 6.77. The average Bonchev–Trinajstić information content (AvgIpc) is 2.97. The Hall–Kier alpha value is -1.43. The number of aliphatic carboxylic acids is 1. The van der Waals surface area contributed by atoms with Gasteiger partial charge in [-0.3, -0.25) is 9.59 Å². The number of rotatable bonds is 7. The lowest BCUT2D eigenvalue weighted by Crippen LogP contribution is -2.44. The fourth-order valence-corrected chi connectivity index (χ4v) is 3.24. The zero-order valence-electron chi connectivity index (χ0n) is 13.4. The third-order valence-electron chi connectivity index (χ3n) is 4.40. The van der Waals surface area contributed by atoms with Crippen molar-refractivity contribution < 1.29 is 24.2 Å². The van der Waals surface area contributed by atoms with Crippen molar-refractivity contribution in [3.8, 4) is 0 Å². The first kappa shape index (κ1) is 16.9. The summed E-state index contributed by atoms with van der Waals surface area (Å²) in [6.07, 6.45) is 1.50. The Balaban J connectivity index is 2.05. The normalized spacial score (nSPS) is 28.7. The minimum Gasteiger partial charge on any atom is -0.480 e. The van der Waals surface area contributed by atoms with Gasteiger partial charge in [0, 0.05) is 18.9 Å². The van der Waals surface area contributed by atoms with Crippen LogP contribution in [0.5, 0.6) is 0 Å². The maximum Gasteiger partial charge on any atom is 0.326 e. The number of amides is 1. The number of carbonyl (C=O) groups excluding carboxylic acids is 2. The molecule has 0 bridgehead atoms. The van der Waals surface area contributed by atoms with Crippen LogP contribution in [0.25, 0.3) is 0 Å². The van der Waals surface area contributed by atoms with Gasteiger partial charge in [0.2, 0.25) is 5.91 Å². The van der Waals surface area contributed by atoms with E-state index < -0.39 is 17.9 Å². The fourth-order valence-electron chi connectivity index (χ4n) is 3.24. The van der Waals surface area contributed by atoms with Crippen molar-refractivity contribution in [2.24, 2.45) is 11.8 Å². The summed E-state index contributed by atoms with van der Waals surface area (Å²) in [6, 6.07) is -0.742. The fraction of sp³-hybridized carbons (Fsp3) is 0.812. The predicted octanol–water partition coefficient (Wildman–Crippen LogP) is 1.47. The van der Waals surface area contributed by atoms with Crippen LogP contribution < -0.4 is 0 Å². The molecular weight excluding hydrogens is 286 g/mol. The third kappa shape index (κ3) is 3.85. The van der Waals surface area contributed by atoms with E-state index in [1.54, 1.807) is 0 Å². The third-order valence-corrected chi connectivity index (χ3v) is 4.40. The maximum atomic E-state index is 12.7. The van der Waals surface area contributed by atoms with E-state index in [4.69, 9.17) is 4.74 Å². The van der Waals surface area contributed by atoms with Crippen molar-refractivity contribution >= 4 is 17.7 Å². The molecule has 22 heavy (non-hydrogen) atoms. The monoisotopic (exact) mass is 311 g/mol. The second-order valence-corrected chi connectivity index (χ2v) is 6.79. The standard InChI is InChI=1S/C16H25NO5/c1-9(2)7-11(8-13(18)14-10(3)22-14)15(19)17-6-4-5-12(17)16(20)21/h9-12,14H,4-8H2,1-3H3,(H,20,21)/t10?,11-,12+,14+/m1/s1. The SMILES string of the molecule is CC(C)C[C@H](CC(=O)[C@H]1OC1C)C(=O)N1CCC[C@H]1C(=O)O. The Morgan fingerprint density at radius 2 is 1.95 bits per heavy atom. The largest absolute Gasteiger partial charge is 0.480 e. The lowest BCUT2D eigenvalue weighted by molar-refractivity contribution is -0.150. The molecule has 1 unspecified atom stereocenters.